The Morgan fingerprint density at radius 2 is 1.71 bits per heavy atom. The van der Waals surface area contributed by atoms with E-state index in [1.165, 1.54) is 27.5 Å². The SMILES string of the molecule is C=C(C)C[C@H](c1ccc(C)c2ccccc12)N1CCNCC1.Cl.Cl. The standard InChI is InChI=1S/C20H26N2.2ClH/c1-15(2)14-20(22-12-10-21-11-13-22)19-9-8-16(3)17-6-4-5-7-18(17)19;;/h4-9,20-21H,1,10-14H2,2-3H3;2*1H/t20-;;/m1../s1. The van der Waals surface area contributed by atoms with Gasteiger partial charge in [-0.25, -0.2) is 0 Å². The molecule has 1 fully saturated rings. The Hall–Kier alpha value is -1.06. The molecule has 24 heavy (non-hydrogen) atoms. The minimum Gasteiger partial charge on any atom is -0.314 e. The van der Waals surface area contributed by atoms with Gasteiger partial charge in [-0.15, -0.1) is 31.4 Å². The number of benzene rings is 2. The van der Waals surface area contributed by atoms with Gasteiger partial charge in [-0.2, -0.15) is 0 Å². The van der Waals surface area contributed by atoms with Gasteiger partial charge in [0.1, 0.15) is 0 Å². The van der Waals surface area contributed by atoms with Crippen LogP contribution in [0.15, 0.2) is 48.6 Å². The van der Waals surface area contributed by atoms with E-state index in [1.807, 2.05) is 0 Å². The maximum absolute atomic E-state index is 4.17. The number of hydrogen-bond acceptors (Lipinski definition) is 2. The van der Waals surface area contributed by atoms with Gasteiger partial charge in [0.05, 0.1) is 0 Å². The molecule has 0 aromatic heterocycles. The molecule has 1 aliphatic rings. The summed E-state index contributed by atoms with van der Waals surface area (Å²) in [5, 5.41) is 6.23. The summed E-state index contributed by atoms with van der Waals surface area (Å²) in [4.78, 5) is 2.61. The van der Waals surface area contributed by atoms with Gasteiger partial charge in [0, 0.05) is 32.2 Å². The van der Waals surface area contributed by atoms with Crippen molar-refractivity contribution in [2.24, 2.45) is 0 Å². The van der Waals surface area contributed by atoms with Gasteiger partial charge in [0.15, 0.2) is 0 Å². The van der Waals surface area contributed by atoms with Crippen molar-refractivity contribution in [3.63, 3.8) is 0 Å². The third kappa shape index (κ3) is 4.52. The van der Waals surface area contributed by atoms with Crippen LogP contribution in [0.1, 0.15) is 30.5 Å². The molecule has 2 aromatic carbocycles. The zero-order valence-corrected chi connectivity index (χ0v) is 16.2. The minimum absolute atomic E-state index is 0. The van der Waals surface area contributed by atoms with Crippen LogP contribution >= 0.6 is 24.8 Å². The topological polar surface area (TPSA) is 15.3 Å². The molecule has 1 N–H and O–H groups in total. The highest BCUT2D eigenvalue weighted by Crippen LogP contribution is 2.34. The minimum atomic E-state index is 0. The van der Waals surface area contributed by atoms with Gasteiger partial charge in [-0.1, -0.05) is 42.0 Å². The van der Waals surface area contributed by atoms with Crippen LogP contribution in [0.25, 0.3) is 10.8 Å². The van der Waals surface area contributed by atoms with Gasteiger partial charge >= 0.3 is 0 Å². The van der Waals surface area contributed by atoms with E-state index >= 15 is 0 Å². The molecule has 0 unspecified atom stereocenters. The fourth-order valence-corrected chi connectivity index (χ4v) is 3.52. The molecule has 3 rings (SSSR count). The van der Waals surface area contributed by atoms with Crippen LogP contribution in [0.5, 0.6) is 0 Å². The number of rotatable bonds is 4. The summed E-state index contributed by atoms with van der Waals surface area (Å²) in [6.45, 7) is 12.9. The summed E-state index contributed by atoms with van der Waals surface area (Å²) in [5.41, 5.74) is 4.06. The van der Waals surface area contributed by atoms with E-state index in [0.717, 1.165) is 32.6 Å². The molecule has 1 heterocycles. The van der Waals surface area contributed by atoms with Crippen LogP contribution in [-0.2, 0) is 0 Å². The normalized spacial score (nSPS) is 16.1. The fraction of sp³-hybridized carbons (Fsp3) is 0.400. The number of nitrogens with one attached hydrogen (secondary N) is 1. The second kappa shape index (κ2) is 9.43. The van der Waals surface area contributed by atoms with Crippen molar-refractivity contribution in [2.45, 2.75) is 26.3 Å². The van der Waals surface area contributed by atoms with Crippen molar-refractivity contribution in [3.8, 4) is 0 Å². The first kappa shape index (κ1) is 21.0. The average Bonchev–Trinajstić information content (AvgIpc) is 2.54. The predicted octanol–water partition coefficient (Wildman–Crippen LogP) is 4.90. The third-order valence-corrected chi connectivity index (χ3v) is 4.67. The molecule has 0 aliphatic carbocycles. The Labute approximate surface area is 158 Å². The van der Waals surface area contributed by atoms with Crippen LogP contribution in [-0.4, -0.2) is 31.1 Å². The van der Waals surface area contributed by atoms with E-state index in [-0.39, 0.29) is 24.8 Å². The molecule has 4 heteroatoms. The first-order chi connectivity index (χ1) is 10.7. The van der Waals surface area contributed by atoms with Gasteiger partial charge < -0.3 is 5.32 Å². The Morgan fingerprint density at radius 1 is 1.08 bits per heavy atom. The molecule has 0 radical (unpaired) electrons. The highest BCUT2D eigenvalue weighted by molar-refractivity contribution is 5.89. The molecule has 0 spiro atoms. The fourth-order valence-electron chi connectivity index (χ4n) is 3.52. The lowest BCUT2D eigenvalue weighted by Crippen LogP contribution is -2.45. The van der Waals surface area contributed by atoms with Crippen molar-refractivity contribution in [3.05, 3.63) is 59.7 Å². The Kier molecular flexibility index (Phi) is 8.24. The molecule has 1 aliphatic heterocycles. The van der Waals surface area contributed by atoms with Crippen molar-refractivity contribution < 1.29 is 0 Å². The highest BCUT2D eigenvalue weighted by atomic mass is 35.5. The molecule has 1 atom stereocenters. The molecule has 1 saturated heterocycles. The molecular weight excluding hydrogens is 339 g/mol. The molecule has 132 valence electrons. The van der Waals surface area contributed by atoms with E-state index in [4.69, 9.17) is 0 Å². The van der Waals surface area contributed by atoms with Crippen molar-refractivity contribution >= 4 is 35.6 Å². The van der Waals surface area contributed by atoms with Crippen LogP contribution in [0.3, 0.4) is 0 Å². The monoisotopic (exact) mass is 366 g/mol. The number of halogens is 2. The summed E-state index contributed by atoms with van der Waals surface area (Å²) < 4.78 is 0. The number of nitrogens with zero attached hydrogens (tertiary/aromatic N) is 1. The van der Waals surface area contributed by atoms with Crippen molar-refractivity contribution in [1.29, 1.82) is 0 Å². The maximum atomic E-state index is 4.17. The molecule has 0 amide bonds. The van der Waals surface area contributed by atoms with Crippen LogP contribution in [0.4, 0.5) is 0 Å². The van der Waals surface area contributed by atoms with Crippen molar-refractivity contribution in [2.75, 3.05) is 26.2 Å². The summed E-state index contributed by atoms with van der Waals surface area (Å²) in [6, 6.07) is 13.8. The summed E-state index contributed by atoms with van der Waals surface area (Å²) >= 11 is 0. The lowest BCUT2D eigenvalue weighted by atomic mass is 9.91. The first-order valence-electron chi connectivity index (χ1n) is 8.24. The summed E-state index contributed by atoms with van der Waals surface area (Å²) in [6.07, 6.45) is 1.03. The number of aryl methyl sites for hydroxylation is 1. The largest absolute Gasteiger partial charge is 0.314 e. The first-order valence-corrected chi connectivity index (χ1v) is 8.24. The predicted molar refractivity (Wildman–Crippen MR) is 110 cm³/mol. The second-order valence-electron chi connectivity index (χ2n) is 6.48. The average molecular weight is 367 g/mol. The van der Waals surface area contributed by atoms with E-state index in [0.29, 0.717) is 6.04 Å². The molecule has 2 nitrogen and oxygen atoms in total. The Morgan fingerprint density at radius 3 is 2.33 bits per heavy atom. The number of fused-ring (bicyclic) bond motifs is 1. The highest BCUT2D eigenvalue weighted by Gasteiger charge is 2.23. The zero-order valence-electron chi connectivity index (χ0n) is 14.5. The zero-order chi connectivity index (χ0) is 15.5. The summed E-state index contributed by atoms with van der Waals surface area (Å²) in [5.74, 6) is 0. The smallest absolute Gasteiger partial charge is 0.0392 e. The summed E-state index contributed by atoms with van der Waals surface area (Å²) in [7, 11) is 0. The maximum Gasteiger partial charge on any atom is 0.0392 e. The number of hydrogen-bond donors (Lipinski definition) is 1. The second-order valence-corrected chi connectivity index (χ2v) is 6.48. The van der Waals surface area contributed by atoms with Gasteiger partial charge in [0.2, 0.25) is 0 Å². The Bertz CT molecular complexity index is 678. The molecule has 2 aromatic rings. The lowest BCUT2D eigenvalue weighted by Gasteiger charge is -2.36. The number of piperazine rings is 1. The Balaban J connectivity index is 0.00000144. The van der Waals surface area contributed by atoms with E-state index in [9.17, 15) is 0 Å². The quantitative estimate of drug-likeness (QED) is 0.773. The van der Waals surface area contributed by atoms with Crippen molar-refractivity contribution in [1.82, 2.24) is 10.2 Å². The molecule has 0 saturated carbocycles. The van der Waals surface area contributed by atoms with E-state index < -0.39 is 0 Å². The van der Waals surface area contributed by atoms with E-state index in [1.54, 1.807) is 0 Å². The van der Waals surface area contributed by atoms with Gasteiger partial charge in [0.25, 0.3) is 0 Å². The lowest BCUT2D eigenvalue weighted by molar-refractivity contribution is 0.173. The van der Waals surface area contributed by atoms with Crippen LogP contribution < -0.4 is 5.32 Å². The van der Waals surface area contributed by atoms with Crippen LogP contribution in [0, 0.1) is 6.92 Å². The molecular formula is C20H28Cl2N2. The van der Waals surface area contributed by atoms with E-state index in [2.05, 4.69) is 67.0 Å². The van der Waals surface area contributed by atoms with Gasteiger partial charge in [-0.3, -0.25) is 4.90 Å². The third-order valence-electron chi connectivity index (χ3n) is 4.67. The van der Waals surface area contributed by atoms with Gasteiger partial charge in [-0.05, 0) is 42.2 Å². The molecule has 0 bridgehead atoms. The van der Waals surface area contributed by atoms with Crippen LogP contribution in [0.2, 0.25) is 0 Å².